The maximum atomic E-state index is 11.5. The zero-order valence-electron chi connectivity index (χ0n) is 10.3. The number of amides is 1. The van der Waals surface area contributed by atoms with Gasteiger partial charge in [-0.2, -0.15) is 0 Å². The molecular formula is C13H19NO4. The van der Waals surface area contributed by atoms with Gasteiger partial charge in [-0.05, 0) is 37.5 Å². The second-order valence-corrected chi connectivity index (χ2v) is 5.16. The van der Waals surface area contributed by atoms with Crippen molar-refractivity contribution in [3.05, 3.63) is 12.7 Å². The predicted octanol–water partition coefficient (Wildman–Crippen LogP) is 1.79. The van der Waals surface area contributed by atoms with Crippen molar-refractivity contribution >= 4 is 12.1 Å². The van der Waals surface area contributed by atoms with Gasteiger partial charge in [0.05, 0.1) is 5.92 Å². The monoisotopic (exact) mass is 253 g/mol. The van der Waals surface area contributed by atoms with E-state index in [-0.39, 0.29) is 30.4 Å². The molecule has 2 aliphatic carbocycles. The van der Waals surface area contributed by atoms with Crippen LogP contribution < -0.4 is 5.32 Å². The average molecular weight is 253 g/mol. The van der Waals surface area contributed by atoms with E-state index >= 15 is 0 Å². The van der Waals surface area contributed by atoms with E-state index < -0.39 is 12.1 Å². The van der Waals surface area contributed by atoms with E-state index in [1.807, 2.05) is 0 Å². The summed E-state index contributed by atoms with van der Waals surface area (Å²) in [6, 6.07) is 0.0814. The molecule has 5 nitrogen and oxygen atoms in total. The van der Waals surface area contributed by atoms with Gasteiger partial charge in [-0.3, -0.25) is 4.79 Å². The molecule has 0 saturated heterocycles. The lowest BCUT2D eigenvalue weighted by molar-refractivity contribution is -0.143. The molecule has 0 aromatic heterocycles. The maximum absolute atomic E-state index is 11.5. The summed E-state index contributed by atoms with van der Waals surface area (Å²) in [5.74, 6) is -0.397. The van der Waals surface area contributed by atoms with Crippen molar-refractivity contribution in [2.45, 2.75) is 31.7 Å². The highest BCUT2D eigenvalue weighted by Crippen LogP contribution is 2.44. The SMILES string of the molecule is C=CCOC(=O)NC1[C@@H]2CC[C@H]1CC(C(=O)O)C2. The van der Waals surface area contributed by atoms with E-state index in [9.17, 15) is 9.59 Å². The Morgan fingerprint density at radius 2 is 1.94 bits per heavy atom. The first kappa shape index (κ1) is 12.9. The smallest absolute Gasteiger partial charge is 0.407 e. The van der Waals surface area contributed by atoms with Crippen LogP contribution in [0.1, 0.15) is 25.7 Å². The lowest BCUT2D eigenvalue weighted by Gasteiger charge is -2.33. The van der Waals surface area contributed by atoms with Gasteiger partial charge in [-0.25, -0.2) is 4.79 Å². The van der Waals surface area contributed by atoms with Crippen molar-refractivity contribution in [2.75, 3.05) is 6.61 Å². The molecule has 18 heavy (non-hydrogen) atoms. The quantitative estimate of drug-likeness (QED) is 0.749. The molecular weight excluding hydrogens is 234 g/mol. The zero-order chi connectivity index (χ0) is 13.1. The Morgan fingerprint density at radius 3 is 2.44 bits per heavy atom. The number of ether oxygens (including phenoxy) is 1. The molecule has 1 amide bonds. The standard InChI is InChI=1S/C13H19NO4/c1-2-5-18-13(17)14-11-8-3-4-9(11)7-10(6-8)12(15)16/h2,8-11H,1,3-7H2,(H,14,17)(H,15,16)/t8-,9+,10?,11?. The fourth-order valence-corrected chi connectivity index (χ4v) is 3.28. The number of carbonyl (C=O) groups excluding carboxylic acids is 1. The van der Waals surface area contributed by atoms with Gasteiger partial charge in [0.2, 0.25) is 0 Å². The van der Waals surface area contributed by atoms with Crippen LogP contribution in [-0.2, 0) is 9.53 Å². The van der Waals surface area contributed by atoms with Gasteiger partial charge in [0, 0.05) is 6.04 Å². The molecule has 100 valence electrons. The van der Waals surface area contributed by atoms with Gasteiger partial charge in [0.15, 0.2) is 0 Å². The number of nitrogens with one attached hydrogen (secondary N) is 1. The minimum Gasteiger partial charge on any atom is -0.481 e. The fourth-order valence-electron chi connectivity index (χ4n) is 3.28. The van der Waals surface area contributed by atoms with Crippen LogP contribution in [-0.4, -0.2) is 29.8 Å². The van der Waals surface area contributed by atoms with Crippen molar-refractivity contribution in [1.29, 1.82) is 0 Å². The number of hydrogen-bond acceptors (Lipinski definition) is 3. The van der Waals surface area contributed by atoms with Crippen molar-refractivity contribution < 1.29 is 19.4 Å². The Balaban J connectivity index is 1.90. The summed E-state index contributed by atoms with van der Waals surface area (Å²) in [5, 5.41) is 11.9. The zero-order valence-corrected chi connectivity index (χ0v) is 10.3. The van der Waals surface area contributed by atoms with Crippen LogP contribution in [0.15, 0.2) is 12.7 Å². The summed E-state index contributed by atoms with van der Waals surface area (Å²) < 4.78 is 4.91. The van der Waals surface area contributed by atoms with Gasteiger partial charge >= 0.3 is 12.1 Å². The predicted molar refractivity (Wildman–Crippen MR) is 65.0 cm³/mol. The summed E-state index contributed by atoms with van der Waals surface area (Å²) in [6.45, 7) is 3.68. The van der Waals surface area contributed by atoms with Crippen molar-refractivity contribution in [3.63, 3.8) is 0 Å². The molecule has 2 fully saturated rings. The minimum absolute atomic E-state index is 0.0814. The van der Waals surface area contributed by atoms with Crippen LogP contribution in [0.25, 0.3) is 0 Å². The molecule has 2 aliphatic rings. The number of hydrogen-bond donors (Lipinski definition) is 2. The molecule has 2 unspecified atom stereocenters. The Morgan fingerprint density at radius 1 is 1.33 bits per heavy atom. The molecule has 0 heterocycles. The summed E-state index contributed by atoms with van der Waals surface area (Å²) >= 11 is 0. The minimum atomic E-state index is -0.709. The normalized spacial score (nSPS) is 33.8. The molecule has 2 rings (SSSR count). The first-order valence-electron chi connectivity index (χ1n) is 6.38. The molecule has 2 saturated carbocycles. The van der Waals surface area contributed by atoms with Crippen LogP contribution in [0.3, 0.4) is 0 Å². The third kappa shape index (κ3) is 2.66. The van der Waals surface area contributed by atoms with Gasteiger partial charge in [-0.15, -0.1) is 0 Å². The second kappa shape index (κ2) is 5.42. The third-order valence-electron chi connectivity index (χ3n) is 4.06. The second-order valence-electron chi connectivity index (χ2n) is 5.16. The number of carboxylic acid groups (broad SMARTS) is 1. The molecule has 0 aliphatic heterocycles. The van der Waals surface area contributed by atoms with Crippen LogP contribution >= 0.6 is 0 Å². The van der Waals surface area contributed by atoms with Gasteiger partial charge in [-0.1, -0.05) is 12.7 Å². The van der Waals surface area contributed by atoms with Crippen LogP contribution in [0, 0.1) is 17.8 Å². The summed E-state index contributed by atoms with van der Waals surface area (Å²) in [5.41, 5.74) is 0. The largest absolute Gasteiger partial charge is 0.481 e. The highest BCUT2D eigenvalue weighted by atomic mass is 16.5. The van der Waals surface area contributed by atoms with Crippen LogP contribution in [0.2, 0.25) is 0 Å². The Bertz CT molecular complexity index is 341. The first-order valence-corrected chi connectivity index (χ1v) is 6.38. The maximum Gasteiger partial charge on any atom is 0.407 e. The van der Waals surface area contributed by atoms with Crippen LogP contribution in [0.5, 0.6) is 0 Å². The summed E-state index contributed by atoms with van der Waals surface area (Å²) in [6.07, 6.45) is 4.43. The highest BCUT2D eigenvalue weighted by Gasteiger charge is 2.45. The van der Waals surface area contributed by atoms with Crippen LogP contribution in [0.4, 0.5) is 4.79 Å². The molecule has 2 N–H and O–H groups in total. The third-order valence-corrected chi connectivity index (χ3v) is 4.06. The average Bonchev–Trinajstić information content (AvgIpc) is 2.58. The van der Waals surface area contributed by atoms with Gasteiger partial charge in [0.25, 0.3) is 0 Å². The number of aliphatic carboxylic acids is 1. The van der Waals surface area contributed by atoms with Crippen molar-refractivity contribution in [3.8, 4) is 0 Å². The van der Waals surface area contributed by atoms with Crippen molar-refractivity contribution in [1.82, 2.24) is 5.32 Å². The lowest BCUT2D eigenvalue weighted by atomic mass is 9.77. The Kier molecular flexibility index (Phi) is 3.89. The number of alkyl carbamates (subject to hydrolysis) is 1. The van der Waals surface area contributed by atoms with Crippen molar-refractivity contribution in [2.24, 2.45) is 17.8 Å². The van der Waals surface area contributed by atoms with Gasteiger partial charge < -0.3 is 15.2 Å². The van der Waals surface area contributed by atoms with Gasteiger partial charge in [0.1, 0.15) is 6.61 Å². The lowest BCUT2D eigenvalue weighted by Crippen LogP contribution is -2.46. The molecule has 2 bridgehead atoms. The molecule has 0 radical (unpaired) electrons. The molecule has 0 spiro atoms. The number of fused-ring (bicyclic) bond motifs is 2. The van der Waals surface area contributed by atoms with E-state index in [2.05, 4.69) is 11.9 Å². The summed E-state index contributed by atoms with van der Waals surface area (Å²) in [4.78, 5) is 22.5. The molecule has 0 aromatic rings. The van der Waals surface area contributed by atoms with E-state index in [4.69, 9.17) is 9.84 Å². The van der Waals surface area contributed by atoms with E-state index in [1.165, 1.54) is 6.08 Å². The molecule has 5 heteroatoms. The Hall–Kier alpha value is -1.52. The fraction of sp³-hybridized carbons (Fsp3) is 0.692. The Labute approximate surface area is 106 Å². The number of carbonyl (C=O) groups is 2. The molecule has 4 atom stereocenters. The molecule has 0 aromatic carbocycles. The van der Waals surface area contributed by atoms with E-state index in [0.29, 0.717) is 12.8 Å². The first-order chi connectivity index (χ1) is 8.61. The van der Waals surface area contributed by atoms with E-state index in [1.54, 1.807) is 0 Å². The van der Waals surface area contributed by atoms with E-state index in [0.717, 1.165) is 12.8 Å². The number of carboxylic acids is 1. The topological polar surface area (TPSA) is 75.6 Å². The summed E-state index contributed by atoms with van der Waals surface area (Å²) in [7, 11) is 0. The number of rotatable bonds is 4. The highest BCUT2D eigenvalue weighted by molar-refractivity contribution is 5.71.